The molecule has 3 nitrogen and oxygen atoms in total. The number of hydrogen-bond acceptors (Lipinski definition) is 2. The average Bonchev–Trinajstić information content (AvgIpc) is 1.69. The predicted octanol–water partition coefficient (Wildman–Crippen LogP) is 0.369. The largest absolute Gasteiger partial charge is 0.383 e. The maximum atomic E-state index is 9.93. The zero-order valence-corrected chi connectivity index (χ0v) is 5.01. The van der Waals surface area contributed by atoms with E-state index in [0.717, 1.165) is 0 Å². The molecule has 0 spiro atoms. The van der Waals surface area contributed by atoms with Crippen LogP contribution in [-0.2, 0) is 14.6 Å². The van der Waals surface area contributed by atoms with E-state index in [1.54, 1.807) is 6.92 Å². The molecule has 0 saturated carbocycles. The fourth-order valence-electron chi connectivity index (χ4n) is 0.430. The summed E-state index contributed by atoms with van der Waals surface area (Å²) < 4.78 is 4.50. The Hall–Kier alpha value is -0.570. The molecule has 0 fully saturated rings. The molecule has 0 aromatic rings. The number of methoxy groups -OCH3 is 1. The maximum absolute atomic E-state index is 9.93. The third-order valence-corrected chi connectivity index (χ3v) is 0.918. The Morgan fingerprint density at radius 1 is 1.75 bits per heavy atom. The van der Waals surface area contributed by atoms with Gasteiger partial charge in [0.15, 0.2) is 6.10 Å². The first-order chi connectivity index (χ1) is 3.72. The Labute approximate surface area is 48.3 Å². The first-order valence-corrected chi connectivity index (χ1v) is 2.46. The van der Waals surface area contributed by atoms with E-state index in [9.17, 15) is 9.90 Å². The van der Waals surface area contributed by atoms with E-state index in [1.165, 1.54) is 7.11 Å². The van der Waals surface area contributed by atoms with Gasteiger partial charge in [0, 0.05) is 7.11 Å². The summed E-state index contributed by atoms with van der Waals surface area (Å²) in [5.74, 6) is -1.14. The zero-order chi connectivity index (χ0) is 6.57. The summed E-state index contributed by atoms with van der Waals surface area (Å²) in [7, 11) is 1.35. The third kappa shape index (κ3) is 1.93. The van der Waals surface area contributed by atoms with E-state index in [4.69, 9.17) is 0 Å². The van der Waals surface area contributed by atoms with Crippen LogP contribution in [0.15, 0.2) is 0 Å². The van der Waals surface area contributed by atoms with Gasteiger partial charge in [-0.25, -0.2) is 9.90 Å². The van der Waals surface area contributed by atoms with E-state index in [1.807, 2.05) is 0 Å². The standard InChI is InChI=1S/C5H9O3/c1-3-4(8-2)5(6)7/h4H,3H2,1-2H3. The molecule has 3 heteroatoms. The van der Waals surface area contributed by atoms with Gasteiger partial charge in [-0.1, -0.05) is 6.92 Å². The lowest BCUT2D eigenvalue weighted by atomic mass is 10.3. The Kier molecular flexibility index (Phi) is 3.19. The molecular formula is C5H9O3. The van der Waals surface area contributed by atoms with Crippen LogP contribution in [0.4, 0.5) is 0 Å². The molecule has 0 aliphatic heterocycles. The van der Waals surface area contributed by atoms with Crippen LogP contribution in [0.3, 0.4) is 0 Å². The smallest absolute Gasteiger partial charge is 0.370 e. The molecule has 0 N–H and O–H groups in total. The van der Waals surface area contributed by atoms with E-state index in [-0.39, 0.29) is 0 Å². The SMILES string of the molecule is CCC(OC)C([O])=O. The summed E-state index contributed by atoms with van der Waals surface area (Å²) >= 11 is 0. The van der Waals surface area contributed by atoms with Crippen molar-refractivity contribution in [2.45, 2.75) is 19.4 Å². The summed E-state index contributed by atoms with van der Waals surface area (Å²) in [6.45, 7) is 1.73. The Balaban J connectivity index is 3.52. The Bertz CT molecular complexity index is 75.7. The van der Waals surface area contributed by atoms with Gasteiger partial charge in [0.05, 0.1) is 0 Å². The van der Waals surface area contributed by atoms with Crippen LogP contribution in [0, 0.1) is 0 Å². The van der Waals surface area contributed by atoms with Crippen LogP contribution in [-0.4, -0.2) is 19.2 Å². The summed E-state index contributed by atoms with van der Waals surface area (Å²) in [5, 5.41) is 9.93. The second-order valence-electron chi connectivity index (χ2n) is 1.45. The van der Waals surface area contributed by atoms with Crippen molar-refractivity contribution < 1.29 is 14.6 Å². The molecule has 1 radical (unpaired) electrons. The summed E-state index contributed by atoms with van der Waals surface area (Å²) in [6.07, 6.45) is -0.284. The summed E-state index contributed by atoms with van der Waals surface area (Å²) in [4.78, 5) is 9.93. The van der Waals surface area contributed by atoms with Gasteiger partial charge in [-0.2, -0.15) is 0 Å². The highest BCUT2D eigenvalue weighted by Crippen LogP contribution is 1.94. The molecule has 0 amide bonds. The van der Waals surface area contributed by atoms with Crippen LogP contribution in [0.5, 0.6) is 0 Å². The van der Waals surface area contributed by atoms with Crippen molar-refractivity contribution in [3.8, 4) is 0 Å². The number of carbonyl (C=O) groups excluding carboxylic acids is 1. The number of rotatable bonds is 3. The van der Waals surface area contributed by atoms with Crippen molar-refractivity contribution in [3.05, 3.63) is 0 Å². The third-order valence-electron chi connectivity index (χ3n) is 0.918. The number of ether oxygens (including phenoxy) is 1. The first kappa shape index (κ1) is 7.43. The van der Waals surface area contributed by atoms with Gasteiger partial charge in [-0.15, -0.1) is 0 Å². The molecule has 1 atom stereocenters. The molecule has 0 rings (SSSR count). The predicted molar refractivity (Wildman–Crippen MR) is 26.8 cm³/mol. The second-order valence-corrected chi connectivity index (χ2v) is 1.45. The van der Waals surface area contributed by atoms with Crippen molar-refractivity contribution in [2.75, 3.05) is 7.11 Å². The Morgan fingerprint density at radius 2 is 2.25 bits per heavy atom. The molecule has 0 heterocycles. The zero-order valence-electron chi connectivity index (χ0n) is 5.01. The van der Waals surface area contributed by atoms with Crippen LogP contribution in [0.2, 0.25) is 0 Å². The average molecular weight is 117 g/mol. The minimum Gasteiger partial charge on any atom is -0.370 e. The van der Waals surface area contributed by atoms with Crippen molar-refractivity contribution in [1.82, 2.24) is 0 Å². The molecule has 47 valence electrons. The molecule has 0 aliphatic carbocycles. The fourth-order valence-corrected chi connectivity index (χ4v) is 0.430. The van der Waals surface area contributed by atoms with E-state index in [0.29, 0.717) is 6.42 Å². The number of carbonyl (C=O) groups is 1. The molecule has 0 bridgehead atoms. The van der Waals surface area contributed by atoms with Gasteiger partial charge in [-0.05, 0) is 6.42 Å². The van der Waals surface area contributed by atoms with Gasteiger partial charge < -0.3 is 4.74 Å². The van der Waals surface area contributed by atoms with Crippen LogP contribution >= 0.6 is 0 Å². The highest BCUT2D eigenvalue weighted by atomic mass is 16.5. The molecule has 1 unspecified atom stereocenters. The number of hydrogen-bond donors (Lipinski definition) is 0. The second kappa shape index (κ2) is 3.43. The van der Waals surface area contributed by atoms with E-state index < -0.39 is 12.1 Å². The Morgan fingerprint density at radius 3 is 2.25 bits per heavy atom. The van der Waals surface area contributed by atoms with Gasteiger partial charge in [0.2, 0.25) is 0 Å². The lowest BCUT2D eigenvalue weighted by molar-refractivity contribution is -0.155. The van der Waals surface area contributed by atoms with Crippen molar-refractivity contribution in [2.24, 2.45) is 0 Å². The first-order valence-electron chi connectivity index (χ1n) is 2.46. The lowest BCUT2D eigenvalue weighted by Crippen LogP contribution is -2.19. The molecular weight excluding hydrogens is 108 g/mol. The minimum absolute atomic E-state index is 0.457. The van der Waals surface area contributed by atoms with Gasteiger partial charge >= 0.3 is 5.97 Å². The van der Waals surface area contributed by atoms with Crippen molar-refractivity contribution in [1.29, 1.82) is 0 Å². The van der Waals surface area contributed by atoms with Gasteiger partial charge in [-0.3, -0.25) is 0 Å². The fraction of sp³-hybridized carbons (Fsp3) is 0.800. The van der Waals surface area contributed by atoms with E-state index in [2.05, 4.69) is 4.74 Å². The highest BCUT2D eigenvalue weighted by Gasteiger charge is 2.14. The highest BCUT2D eigenvalue weighted by molar-refractivity contribution is 5.71. The van der Waals surface area contributed by atoms with Gasteiger partial charge in [0.25, 0.3) is 0 Å². The molecule has 8 heavy (non-hydrogen) atoms. The van der Waals surface area contributed by atoms with Crippen LogP contribution in [0.1, 0.15) is 13.3 Å². The molecule has 0 saturated heterocycles. The lowest BCUT2D eigenvalue weighted by Gasteiger charge is -2.02. The topological polar surface area (TPSA) is 46.2 Å². The molecule has 0 aromatic heterocycles. The molecule has 0 aromatic carbocycles. The molecule has 0 aliphatic rings. The maximum Gasteiger partial charge on any atom is 0.383 e. The van der Waals surface area contributed by atoms with Crippen molar-refractivity contribution >= 4 is 5.97 Å². The quantitative estimate of drug-likeness (QED) is 0.536. The minimum atomic E-state index is -1.14. The monoisotopic (exact) mass is 117 g/mol. The summed E-state index contributed by atoms with van der Waals surface area (Å²) in [5.41, 5.74) is 0. The van der Waals surface area contributed by atoms with E-state index >= 15 is 0 Å². The summed E-state index contributed by atoms with van der Waals surface area (Å²) in [6, 6.07) is 0. The van der Waals surface area contributed by atoms with Crippen LogP contribution in [0.25, 0.3) is 0 Å². The van der Waals surface area contributed by atoms with Crippen molar-refractivity contribution in [3.63, 3.8) is 0 Å². The normalized spacial score (nSPS) is 13.2. The van der Waals surface area contributed by atoms with Crippen LogP contribution < -0.4 is 0 Å². The van der Waals surface area contributed by atoms with Gasteiger partial charge in [0.1, 0.15) is 0 Å².